The Morgan fingerprint density at radius 3 is 0.825 bits per heavy atom. The maximum atomic E-state index is 10.7. The number of benzene rings is 6. The zero-order chi connectivity index (χ0) is 27.8. The van der Waals surface area contributed by atoms with E-state index >= 15 is 0 Å². The number of hydrogen-bond acceptors (Lipinski definition) is 6. The van der Waals surface area contributed by atoms with Crippen molar-refractivity contribution in [2.75, 3.05) is 0 Å². The molecule has 0 radical (unpaired) electrons. The Bertz CT molecular complexity index is 1580. The molecule has 0 fully saturated rings. The van der Waals surface area contributed by atoms with Crippen molar-refractivity contribution in [3.63, 3.8) is 0 Å². The fourth-order valence-corrected chi connectivity index (χ4v) is 4.21. The number of hydrogen-bond donors (Lipinski definition) is 0. The molecule has 0 aliphatic rings. The van der Waals surface area contributed by atoms with Crippen LogP contribution in [-0.4, -0.2) is 17.9 Å². The van der Waals surface area contributed by atoms with E-state index < -0.39 is 17.9 Å². The van der Waals surface area contributed by atoms with Crippen LogP contribution in [0.4, 0.5) is 0 Å². The summed E-state index contributed by atoms with van der Waals surface area (Å²) in [6.07, 6.45) is 0. The van der Waals surface area contributed by atoms with Gasteiger partial charge in [-0.15, -0.1) is 0 Å². The van der Waals surface area contributed by atoms with Gasteiger partial charge >= 0.3 is 32.7 Å². The van der Waals surface area contributed by atoms with Gasteiger partial charge in [0.1, 0.15) is 0 Å². The molecule has 0 aliphatic carbocycles. The molecule has 40 heavy (non-hydrogen) atoms. The monoisotopic (exact) mass is 602 g/mol. The van der Waals surface area contributed by atoms with Gasteiger partial charge in [0.15, 0.2) is 0 Å². The molecule has 0 unspecified atom stereocenters. The minimum atomic E-state index is -1.13. The summed E-state index contributed by atoms with van der Waals surface area (Å²) in [5.41, 5.74) is 0.745. The predicted molar refractivity (Wildman–Crippen MR) is 145 cm³/mol. The van der Waals surface area contributed by atoms with Crippen LogP contribution in [0.1, 0.15) is 31.1 Å². The van der Waals surface area contributed by atoms with Crippen molar-refractivity contribution in [3.05, 3.63) is 144 Å². The Morgan fingerprint density at radius 2 is 0.575 bits per heavy atom. The van der Waals surface area contributed by atoms with E-state index in [-0.39, 0.29) is 49.4 Å². The van der Waals surface area contributed by atoms with Crippen LogP contribution in [0.5, 0.6) is 0 Å². The van der Waals surface area contributed by atoms with Gasteiger partial charge in [0.2, 0.25) is 0 Å². The van der Waals surface area contributed by atoms with Gasteiger partial charge in [-0.2, -0.15) is 0 Å². The third-order valence-corrected chi connectivity index (χ3v) is 6.03. The minimum Gasteiger partial charge on any atom is -0.545 e. The average molecular weight is 602 g/mol. The van der Waals surface area contributed by atoms with Crippen molar-refractivity contribution in [1.29, 1.82) is 0 Å². The summed E-state index contributed by atoms with van der Waals surface area (Å²) in [5, 5.41) is 37.1. The van der Waals surface area contributed by atoms with Gasteiger partial charge in [0, 0.05) is 16.7 Å². The zero-order valence-corrected chi connectivity index (χ0v) is 24.0. The summed E-state index contributed by atoms with van der Waals surface area (Å²) in [4.78, 5) is 32.1. The van der Waals surface area contributed by atoms with Crippen LogP contribution in [0.15, 0.2) is 127 Å². The quantitative estimate of drug-likeness (QED) is 0.305. The second-order valence-electron chi connectivity index (χ2n) is 8.44. The number of fused-ring (bicyclic) bond motifs is 3. The smallest absolute Gasteiger partial charge is 0.545 e. The summed E-state index contributed by atoms with van der Waals surface area (Å²) < 4.78 is 0. The van der Waals surface area contributed by atoms with Crippen molar-refractivity contribution in [2.24, 2.45) is 0 Å². The van der Waals surface area contributed by atoms with Crippen LogP contribution in [0.2, 0.25) is 0 Å². The fraction of sp³-hybridized carbons (Fsp3) is 0. The predicted octanol–water partition coefficient (Wildman–Crippen LogP) is 3.61. The van der Waals surface area contributed by atoms with E-state index in [1.54, 1.807) is 54.6 Å². The molecule has 192 valence electrons. The third kappa shape index (κ3) is 7.17. The topological polar surface area (TPSA) is 120 Å². The summed E-state index contributed by atoms with van der Waals surface area (Å²) in [6, 6.07) is 37.5. The maximum absolute atomic E-state index is 10.7. The zero-order valence-electron chi connectivity index (χ0n) is 21.2. The van der Waals surface area contributed by atoms with Crippen LogP contribution < -0.4 is 15.3 Å². The van der Waals surface area contributed by atoms with Crippen LogP contribution in [-0.2, 0) is 32.7 Å². The Morgan fingerprint density at radius 1 is 0.350 bits per heavy atom. The summed E-state index contributed by atoms with van der Waals surface area (Å²) in [7, 11) is 0. The van der Waals surface area contributed by atoms with Crippen LogP contribution >= 0.6 is 0 Å². The van der Waals surface area contributed by atoms with Gasteiger partial charge in [-0.3, -0.25) is 0 Å². The normalized spacial score (nSPS) is 9.90. The molecule has 0 saturated heterocycles. The van der Waals surface area contributed by atoms with Crippen LogP contribution in [0, 0.1) is 0 Å². The number of carbonyl (C=O) groups is 3. The second-order valence-corrected chi connectivity index (χ2v) is 8.44. The van der Waals surface area contributed by atoms with Crippen LogP contribution in [0.25, 0.3) is 32.3 Å². The van der Waals surface area contributed by atoms with Crippen molar-refractivity contribution in [2.45, 2.75) is 0 Å². The van der Waals surface area contributed by atoms with E-state index in [9.17, 15) is 29.7 Å². The van der Waals surface area contributed by atoms with E-state index in [1.165, 1.54) is 0 Å². The summed E-state index contributed by atoms with van der Waals surface area (Å²) in [5.74, 6) is -3.38. The molecule has 0 aliphatic heterocycles. The number of carboxylic acids is 3. The van der Waals surface area contributed by atoms with Crippen molar-refractivity contribution < 1.29 is 62.4 Å². The van der Waals surface area contributed by atoms with E-state index in [0.29, 0.717) is 0 Å². The molecule has 0 amide bonds. The summed E-state index contributed by atoms with van der Waals surface area (Å²) >= 11 is 0. The van der Waals surface area contributed by atoms with E-state index in [1.807, 2.05) is 72.8 Å². The molecule has 0 bridgehead atoms. The standard InChI is InChI=1S/3C11H8O2.Y/c3*12-11(13)10-7-3-5-8-4-1-2-6-9(8)10;/h3*1-7H,(H,12,13);/q;;;+3/p-3. The first-order valence-electron chi connectivity index (χ1n) is 11.9. The van der Waals surface area contributed by atoms with Gasteiger partial charge in [0.05, 0.1) is 17.9 Å². The molecule has 0 saturated carbocycles. The van der Waals surface area contributed by atoms with Gasteiger partial charge in [-0.05, 0) is 32.3 Å². The Hall–Kier alpha value is -4.39. The first-order valence-corrected chi connectivity index (χ1v) is 11.9. The van der Waals surface area contributed by atoms with E-state index in [4.69, 9.17) is 0 Å². The molecule has 0 atom stereocenters. The number of carbonyl (C=O) groups excluding carboxylic acids is 3. The summed E-state index contributed by atoms with van der Waals surface area (Å²) in [6.45, 7) is 0. The number of aromatic carboxylic acids is 3. The molecule has 0 heterocycles. The van der Waals surface area contributed by atoms with Crippen molar-refractivity contribution in [3.8, 4) is 0 Å². The minimum absolute atomic E-state index is 0. The molecule has 0 N–H and O–H groups in total. The largest absolute Gasteiger partial charge is 3.00 e. The molecular formula is C33H21O6Y. The molecule has 6 rings (SSSR count). The fourth-order valence-electron chi connectivity index (χ4n) is 4.21. The second kappa shape index (κ2) is 14.1. The molecule has 7 heteroatoms. The molecule has 0 spiro atoms. The van der Waals surface area contributed by atoms with Crippen molar-refractivity contribution >= 4 is 50.2 Å². The van der Waals surface area contributed by atoms with Crippen LogP contribution in [0.3, 0.4) is 0 Å². The van der Waals surface area contributed by atoms with E-state index in [0.717, 1.165) is 32.3 Å². The molecule has 6 nitrogen and oxygen atoms in total. The average Bonchev–Trinajstić information content (AvgIpc) is 2.96. The Kier molecular flexibility index (Phi) is 10.7. The van der Waals surface area contributed by atoms with E-state index in [2.05, 4.69) is 0 Å². The van der Waals surface area contributed by atoms with Gasteiger partial charge < -0.3 is 29.7 Å². The van der Waals surface area contributed by atoms with Gasteiger partial charge in [0.25, 0.3) is 0 Å². The first-order chi connectivity index (χ1) is 18.9. The molecular weight excluding hydrogens is 581 g/mol. The van der Waals surface area contributed by atoms with Gasteiger partial charge in [-0.1, -0.05) is 127 Å². The third-order valence-electron chi connectivity index (χ3n) is 6.03. The molecule has 6 aromatic rings. The maximum Gasteiger partial charge on any atom is 3.00 e. The molecule has 6 aromatic carbocycles. The molecule has 0 aromatic heterocycles. The van der Waals surface area contributed by atoms with Gasteiger partial charge in [-0.25, -0.2) is 0 Å². The first kappa shape index (κ1) is 30.2. The van der Waals surface area contributed by atoms with Crippen molar-refractivity contribution in [1.82, 2.24) is 0 Å². The Balaban J connectivity index is 0.000000163. The number of carboxylic acid groups (broad SMARTS) is 3. The number of rotatable bonds is 3. The SMILES string of the molecule is O=C([O-])c1cccc2ccccc12.O=C([O-])c1cccc2ccccc12.O=C([O-])c1cccc2ccccc12.[Y+3]. The Labute approximate surface area is 255 Å².